The van der Waals surface area contributed by atoms with Crippen molar-refractivity contribution < 1.29 is 4.79 Å². The number of hydrogen-bond donors (Lipinski definition) is 0. The summed E-state index contributed by atoms with van der Waals surface area (Å²) in [6, 6.07) is 11.8. The molecule has 0 saturated carbocycles. The van der Waals surface area contributed by atoms with Gasteiger partial charge in [0.1, 0.15) is 0 Å². The SMILES string of the molecule is C=CC[C@@]1(C)C[C@H](c2cccc(Cl)c2)[C@@H](c2ccc(Cl)cn2)N([C@@H](CC)CSCC)C1=O. The summed E-state index contributed by atoms with van der Waals surface area (Å²) in [5, 5.41) is 1.29. The summed E-state index contributed by atoms with van der Waals surface area (Å²) in [6.07, 6.45) is 5.77. The third kappa shape index (κ3) is 5.35. The van der Waals surface area contributed by atoms with Crippen LogP contribution in [0.3, 0.4) is 0 Å². The lowest BCUT2D eigenvalue weighted by molar-refractivity contribution is -0.154. The van der Waals surface area contributed by atoms with Crippen LogP contribution in [-0.2, 0) is 4.79 Å². The normalized spacial score (nSPS) is 24.4. The Morgan fingerprint density at radius 2 is 2.06 bits per heavy atom. The van der Waals surface area contributed by atoms with E-state index in [9.17, 15) is 4.79 Å². The number of aromatic nitrogens is 1. The number of rotatable bonds is 9. The van der Waals surface area contributed by atoms with Crippen molar-refractivity contribution in [2.75, 3.05) is 11.5 Å². The molecule has 0 spiro atoms. The number of thioether (sulfide) groups is 1. The number of likely N-dealkylation sites (tertiary alicyclic amines) is 1. The Hall–Kier alpha value is -1.49. The van der Waals surface area contributed by atoms with Crippen molar-refractivity contribution in [1.82, 2.24) is 9.88 Å². The van der Waals surface area contributed by atoms with Crippen molar-refractivity contribution >= 4 is 40.9 Å². The van der Waals surface area contributed by atoms with E-state index in [1.54, 1.807) is 6.20 Å². The number of allylic oxidation sites excluding steroid dienone is 1. The molecule has 1 aromatic heterocycles. The van der Waals surface area contributed by atoms with E-state index in [2.05, 4.69) is 43.3 Å². The Morgan fingerprint density at radius 3 is 2.66 bits per heavy atom. The summed E-state index contributed by atoms with van der Waals surface area (Å²) >= 11 is 14.4. The van der Waals surface area contributed by atoms with E-state index in [4.69, 9.17) is 23.2 Å². The van der Waals surface area contributed by atoms with Crippen LogP contribution in [0.4, 0.5) is 0 Å². The van der Waals surface area contributed by atoms with Gasteiger partial charge in [-0.2, -0.15) is 11.8 Å². The van der Waals surface area contributed by atoms with E-state index in [0.29, 0.717) is 22.9 Å². The second-order valence-electron chi connectivity index (χ2n) is 8.70. The maximum absolute atomic E-state index is 14.1. The van der Waals surface area contributed by atoms with Crippen LogP contribution < -0.4 is 0 Å². The van der Waals surface area contributed by atoms with Crippen LogP contribution in [0.15, 0.2) is 55.3 Å². The second-order valence-corrected chi connectivity index (χ2v) is 10.9. The highest BCUT2D eigenvalue weighted by Crippen LogP contribution is 2.52. The summed E-state index contributed by atoms with van der Waals surface area (Å²) in [7, 11) is 0. The fraction of sp³-hybridized carbons (Fsp3) is 0.462. The van der Waals surface area contributed by atoms with Crippen molar-refractivity contribution in [3.63, 3.8) is 0 Å². The second kappa shape index (κ2) is 11.1. The summed E-state index contributed by atoms with van der Waals surface area (Å²) in [6.45, 7) is 10.3. The van der Waals surface area contributed by atoms with Gasteiger partial charge in [-0.15, -0.1) is 6.58 Å². The average Bonchev–Trinajstić information content (AvgIpc) is 2.77. The van der Waals surface area contributed by atoms with Crippen LogP contribution in [0, 0.1) is 5.41 Å². The van der Waals surface area contributed by atoms with Gasteiger partial charge in [-0.25, -0.2) is 0 Å². The Bertz CT molecular complexity index is 936. The smallest absolute Gasteiger partial charge is 0.229 e. The average molecular weight is 492 g/mol. The van der Waals surface area contributed by atoms with Crippen molar-refractivity contribution in [1.29, 1.82) is 0 Å². The third-order valence-corrected chi connectivity index (χ3v) is 7.89. The number of carbonyl (C=O) groups excluding carboxylic acids is 1. The molecule has 1 saturated heterocycles. The van der Waals surface area contributed by atoms with Crippen LogP contribution in [0.5, 0.6) is 0 Å². The Labute approximate surface area is 206 Å². The van der Waals surface area contributed by atoms with Gasteiger partial charge in [0.15, 0.2) is 0 Å². The number of benzene rings is 1. The Morgan fingerprint density at radius 1 is 1.28 bits per heavy atom. The zero-order chi connectivity index (χ0) is 23.3. The summed E-state index contributed by atoms with van der Waals surface area (Å²) in [5.74, 6) is 2.16. The van der Waals surface area contributed by atoms with Crippen LogP contribution in [-0.4, -0.2) is 33.3 Å². The number of halogens is 2. The third-order valence-electron chi connectivity index (χ3n) is 6.41. The van der Waals surface area contributed by atoms with E-state index in [1.807, 2.05) is 48.2 Å². The number of piperidine rings is 1. The molecule has 2 aromatic rings. The lowest BCUT2D eigenvalue weighted by Gasteiger charge is -2.51. The van der Waals surface area contributed by atoms with Crippen LogP contribution in [0.25, 0.3) is 0 Å². The van der Waals surface area contributed by atoms with Crippen molar-refractivity contribution in [2.45, 2.75) is 58.0 Å². The number of amides is 1. The minimum atomic E-state index is -0.526. The fourth-order valence-corrected chi connectivity index (χ4v) is 6.01. The van der Waals surface area contributed by atoms with Gasteiger partial charge in [-0.1, -0.05) is 62.2 Å². The first-order valence-corrected chi connectivity index (χ1v) is 13.1. The van der Waals surface area contributed by atoms with E-state index in [0.717, 1.165) is 29.2 Å². The number of hydrogen-bond acceptors (Lipinski definition) is 3. The van der Waals surface area contributed by atoms with E-state index < -0.39 is 5.41 Å². The van der Waals surface area contributed by atoms with Crippen LogP contribution in [0.1, 0.15) is 63.3 Å². The molecule has 0 bridgehead atoms. The molecule has 3 rings (SSSR count). The molecule has 4 atom stereocenters. The van der Waals surface area contributed by atoms with E-state index >= 15 is 0 Å². The molecule has 32 heavy (non-hydrogen) atoms. The predicted octanol–water partition coefficient (Wildman–Crippen LogP) is 7.56. The number of pyridine rings is 1. The molecule has 0 radical (unpaired) electrons. The first-order chi connectivity index (χ1) is 15.3. The van der Waals surface area contributed by atoms with Gasteiger partial charge in [0.25, 0.3) is 0 Å². The standard InChI is InChI=1S/C26H32Cl2N2OS/c1-5-13-26(4)15-22(18-9-8-10-19(27)14-18)24(23-12-11-20(28)16-29-23)30(25(26)31)21(6-2)17-32-7-3/h5,8-12,14,16,21-22,24H,1,6-7,13,15,17H2,2-4H3/t21-,22+,24-,26-/m0/s1. The van der Waals surface area contributed by atoms with Crippen molar-refractivity contribution in [3.8, 4) is 0 Å². The lowest BCUT2D eigenvalue weighted by Crippen LogP contribution is -2.56. The quantitative estimate of drug-likeness (QED) is 0.340. The lowest BCUT2D eigenvalue weighted by atomic mass is 9.67. The predicted molar refractivity (Wildman–Crippen MR) is 138 cm³/mol. The van der Waals surface area contributed by atoms with Gasteiger partial charge in [-0.3, -0.25) is 9.78 Å². The molecule has 0 aliphatic carbocycles. The molecule has 0 N–H and O–H groups in total. The van der Waals surface area contributed by atoms with Gasteiger partial charge >= 0.3 is 0 Å². The van der Waals surface area contributed by atoms with Crippen molar-refractivity contribution in [3.05, 3.63) is 76.6 Å². The van der Waals surface area contributed by atoms with Crippen molar-refractivity contribution in [2.24, 2.45) is 5.41 Å². The van der Waals surface area contributed by atoms with Gasteiger partial charge in [-0.05, 0) is 54.8 Å². The molecule has 1 amide bonds. The Balaban J connectivity index is 2.20. The van der Waals surface area contributed by atoms with Gasteiger partial charge in [0.2, 0.25) is 5.91 Å². The molecule has 0 unspecified atom stereocenters. The molecule has 1 fully saturated rings. The fourth-order valence-electron chi connectivity index (χ4n) is 4.80. The zero-order valence-electron chi connectivity index (χ0n) is 19.1. The maximum Gasteiger partial charge on any atom is 0.229 e. The first kappa shape index (κ1) is 25.1. The number of carbonyl (C=O) groups is 1. The Kier molecular flexibility index (Phi) is 8.71. The van der Waals surface area contributed by atoms with Crippen LogP contribution in [0.2, 0.25) is 10.0 Å². The van der Waals surface area contributed by atoms with Gasteiger partial charge in [0.05, 0.1) is 22.2 Å². The van der Waals surface area contributed by atoms with E-state index in [-0.39, 0.29) is 23.9 Å². The number of nitrogens with zero attached hydrogens (tertiary/aromatic N) is 2. The van der Waals surface area contributed by atoms with Gasteiger partial charge in [0, 0.05) is 28.9 Å². The first-order valence-electron chi connectivity index (χ1n) is 11.2. The highest BCUT2D eigenvalue weighted by atomic mass is 35.5. The molecule has 1 aliphatic rings. The molecule has 1 aromatic carbocycles. The van der Waals surface area contributed by atoms with Gasteiger partial charge < -0.3 is 4.90 Å². The molecular weight excluding hydrogens is 459 g/mol. The molecule has 1 aliphatic heterocycles. The topological polar surface area (TPSA) is 33.2 Å². The molecular formula is C26H32Cl2N2OS. The molecule has 172 valence electrons. The maximum atomic E-state index is 14.1. The minimum absolute atomic E-state index is 0.0608. The largest absolute Gasteiger partial charge is 0.329 e. The monoisotopic (exact) mass is 490 g/mol. The zero-order valence-corrected chi connectivity index (χ0v) is 21.4. The van der Waals surface area contributed by atoms with Crippen LogP contribution >= 0.6 is 35.0 Å². The highest BCUT2D eigenvalue weighted by molar-refractivity contribution is 7.99. The summed E-state index contributed by atoms with van der Waals surface area (Å²) < 4.78 is 0. The summed E-state index contributed by atoms with van der Waals surface area (Å²) in [5.41, 5.74) is 1.47. The molecule has 6 heteroatoms. The highest BCUT2D eigenvalue weighted by Gasteiger charge is 2.51. The molecule has 3 nitrogen and oxygen atoms in total. The molecule has 2 heterocycles. The van der Waals surface area contributed by atoms with E-state index in [1.165, 1.54) is 0 Å². The minimum Gasteiger partial charge on any atom is -0.329 e. The summed E-state index contributed by atoms with van der Waals surface area (Å²) in [4.78, 5) is 20.9.